The predicted molar refractivity (Wildman–Crippen MR) is 102 cm³/mol. The molecule has 0 aromatic rings. The average Bonchev–Trinajstić information content (AvgIpc) is 2.92. The number of carboxylic acids is 1. The Balaban J connectivity index is 1.48. The van der Waals surface area contributed by atoms with Crippen LogP contribution in [0.4, 0.5) is 8.78 Å². The van der Waals surface area contributed by atoms with Gasteiger partial charge in [-0.15, -0.1) is 0 Å². The molecule has 0 heterocycles. The number of aliphatic carboxylic acids is 1. The lowest BCUT2D eigenvalue weighted by atomic mass is 9.44. The quantitative estimate of drug-likeness (QED) is 0.600. The highest BCUT2D eigenvalue weighted by Gasteiger charge is 2.61. The Morgan fingerprint density at radius 1 is 0.963 bits per heavy atom. The number of fused-ring (bicyclic) bond motifs is 5. The Morgan fingerprint density at radius 3 is 2.44 bits per heavy atom. The molecule has 4 rings (SSSR count). The molecule has 4 aliphatic rings. The SMILES string of the molecule is CC12CCC3C(CCC4CC(F)(F)CC[C@@]43C)C1CCC2CCCC(=O)O. The summed E-state index contributed by atoms with van der Waals surface area (Å²) in [6, 6.07) is 0. The lowest BCUT2D eigenvalue weighted by Crippen LogP contribution is -2.54. The molecule has 2 nitrogen and oxygen atoms in total. The topological polar surface area (TPSA) is 37.3 Å². The standard InChI is InChI=1S/C23H36F2O2/c1-21-11-10-19-17(18(21)9-7-15(21)4-3-5-20(26)27)8-6-16-14-23(24,25)13-12-22(16,19)2/h15-19H,3-14H2,1-2H3,(H,26,27)/t15?,16?,17?,18?,19?,21?,22-/m0/s1. The Labute approximate surface area is 162 Å². The Morgan fingerprint density at radius 2 is 1.70 bits per heavy atom. The van der Waals surface area contributed by atoms with Gasteiger partial charge in [0.25, 0.3) is 0 Å². The third kappa shape index (κ3) is 3.23. The largest absolute Gasteiger partial charge is 0.481 e. The molecule has 154 valence electrons. The molecule has 1 N–H and O–H groups in total. The molecule has 4 saturated carbocycles. The third-order valence-electron chi connectivity index (χ3n) is 9.78. The summed E-state index contributed by atoms with van der Waals surface area (Å²) in [5, 5.41) is 8.96. The molecule has 6 unspecified atom stereocenters. The number of carbonyl (C=O) groups is 1. The van der Waals surface area contributed by atoms with E-state index in [4.69, 9.17) is 5.11 Å². The van der Waals surface area contributed by atoms with Gasteiger partial charge in [0.15, 0.2) is 0 Å². The summed E-state index contributed by atoms with van der Waals surface area (Å²) in [6.45, 7) is 4.81. The van der Waals surface area contributed by atoms with Crippen molar-refractivity contribution >= 4 is 5.97 Å². The van der Waals surface area contributed by atoms with E-state index in [1.165, 1.54) is 25.7 Å². The molecule has 0 bridgehead atoms. The Bertz CT molecular complexity index is 591. The van der Waals surface area contributed by atoms with Crippen LogP contribution in [0.3, 0.4) is 0 Å². The molecule has 0 aromatic carbocycles. The van der Waals surface area contributed by atoms with Crippen LogP contribution in [0.15, 0.2) is 0 Å². The number of halogens is 2. The predicted octanol–water partition coefficient (Wildman–Crippen LogP) is 6.54. The number of carboxylic acid groups (broad SMARTS) is 1. The van der Waals surface area contributed by atoms with E-state index < -0.39 is 11.9 Å². The van der Waals surface area contributed by atoms with Crippen LogP contribution in [0.5, 0.6) is 0 Å². The maximum Gasteiger partial charge on any atom is 0.303 e. The number of alkyl halides is 2. The van der Waals surface area contributed by atoms with Crippen molar-refractivity contribution < 1.29 is 18.7 Å². The van der Waals surface area contributed by atoms with E-state index in [0.29, 0.717) is 29.6 Å². The van der Waals surface area contributed by atoms with Crippen molar-refractivity contribution in [3.05, 3.63) is 0 Å². The second-order valence-corrected chi connectivity index (χ2v) is 10.8. The van der Waals surface area contributed by atoms with E-state index in [9.17, 15) is 13.6 Å². The normalized spacial score (nSPS) is 48.4. The first kappa shape index (κ1) is 19.6. The van der Waals surface area contributed by atoms with E-state index in [-0.39, 0.29) is 30.6 Å². The molecule has 4 aliphatic carbocycles. The van der Waals surface area contributed by atoms with Gasteiger partial charge in [-0.05, 0) is 98.2 Å². The van der Waals surface area contributed by atoms with Crippen molar-refractivity contribution in [1.82, 2.24) is 0 Å². The molecule has 7 atom stereocenters. The van der Waals surface area contributed by atoms with E-state index in [2.05, 4.69) is 13.8 Å². The van der Waals surface area contributed by atoms with E-state index >= 15 is 0 Å². The van der Waals surface area contributed by atoms with Crippen LogP contribution in [0.1, 0.15) is 90.9 Å². The third-order valence-corrected chi connectivity index (χ3v) is 9.78. The van der Waals surface area contributed by atoms with Crippen molar-refractivity contribution in [3.63, 3.8) is 0 Å². The van der Waals surface area contributed by atoms with Crippen LogP contribution in [-0.2, 0) is 4.79 Å². The van der Waals surface area contributed by atoms with E-state index in [1.54, 1.807) is 0 Å². The fraction of sp³-hybridized carbons (Fsp3) is 0.957. The molecule has 0 aromatic heterocycles. The molecule has 0 saturated heterocycles. The molecule has 0 amide bonds. The summed E-state index contributed by atoms with van der Waals surface area (Å²) >= 11 is 0. The molecule has 4 fully saturated rings. The molecule has 0 spiro atoms. The maximum absolute atomic E-state index is 14.0. The van der Waals surface area contributed by atoms with Gasteiger partial charge in [-0.3, -0.25) is 4.79 Å². The molecule has 27 heavy (non-hydrogen) atoms. The lowest BCUT2D eigenvalue weighted by Gasteiger charge is -2.61. The van der Waals surface area contributed by atoms with E-state index in [0.717, 1.165) is 31.6 Å². The highest BCUT2D eigenvalue weighted by atomic mass is 19.3. The van der Waals surface area contributed by atoms with Crippen molar-refractivity contribution in [2.75, 3.05) is 0 Å². The zero-order valence-electron chi connectivity index (χ0n) is 17.0. The maximum atomic E-state index is 14.0. The van der Waals surface area contributed by atoms with Crippen LogP contribution in [0.2, 0.25) is 0 Å². The van der Waals surface area contributed by atoms with Crippen molar-refractivity contribution in [3.8, 4) is 0 Å². The number of rotatable bonds is 4. The lowest BCUT2D eigenvalue weighted by molar-refractivity contribution is -0.163. The first-order chi connectivity index (χ1) is 12.7. The zero-order valence-corrected chi connectivity index (χ0v) is 17.0. The minimum Gasteiger partial charge on any atom is -0.481 e. The molecular weight excluding hydrogens is 346 g/mol. The summed E-state index contributed by atoms with van der Waals surface area (Å²) in [4.78, 5) is 10.9. The van der Waals surface area contributed by atoms with Gasteiger partial charge >= 0.3 is 5.97 Å². The Kier molecular flexibility index (Phi) is 4.87. The number of hydrogen-bond acceptors (Lipinski definition) is 1. The van der Waals surface area contributed by atoms with Gasteiger partial charge in [-0.1, -0.05) is 13.8 Å². The first-order valence-corrected chi connectivity index (χ1v) is 11.3. The van der Waals surface area contributed by atoms with Gasteiger partial charge in [0.05, 0.1) is 0 Å². The summed E-state index contributed by atoms with van der Waals surface area (Å²) in [5.41, 5.74) is 0.467. The van der Waals surface area contributed by atoms with Crippen molar-refractivity contribution in [2.45, 2.75) is 96.8 Å². The summed E-state index contributed by atoms with van der Waals surface area (Å²) in [6.07, 6.45) is 10.1. The zero-order chi connectivity index (χ0) is 19.4. The van der Waals surface area contributed by atoms with Gasteiger partial charge in [-0.25, -0.2) is 8.78 Å². The summed E-state index contributed by atoms with van der Waals surface area (Å²) in [7, 11) is 0. The molecule has 4 heteroatoms. The fourth-order valence-electron chi connectivity index (χ4n) is 8.26. The molecular formula is C23H36F2O2. The summed E-state index contributed by atoms with van der Waals surface area (Å²) in [5.74, 6) is -0.193. The van der Waals surface area contributed by atoms with Crippen LogP contribution in [-0.4, -0.2) is 17.0 Å². The van der Waals surface area contributed by atoms with Gasteiger partial charge in [0, 0.05) is 19.3 Å². The van der Waals surface area contributed by atoms with Crippen LogP contribution in [0.25, 0.3) is 0 Å². The highest BCUT2D eigenvalue weighted by molar-refractivity contribution is 5.66. The van der Waals surface area contributed by atoms with Gasteiger partial charge in [-0.2, -0.15) is 0 Å². The summed E-state index contributed by atoms with van der Waals surface area (Å²) < 4.78 is 28.1. The molecule has 0 radical (unpaired) electrons. The second kappa shape index (κ2) is 6.69. The van der Waals surface area contributed by atoms with Gasteiger partial charge in [0.1, 0.15) is 0 Å². The van der Waals surface area contributed by atoms with Crippen LogP contribution in [0, 0.1) is 40.4 Å². The monoisotopic (exact) mass is 382 g/mol. The smallest absolute Gasteiger partial charge is 0.303 e. The van der Waals surface area contributed by atoms with E-state index in [1.807, 2.05) is 0 Å². The number of hydrogen-bond donors (Lipinski definition) is 1. The second-order valence-electron chi connectivity index (χ2n) is 10.8. The fourth-order valence-corrected chi connectivity index (χ4v) is 8.26. The van der Waals surface area contributed by atoms with Crippen molar-refractivity contribution in [1.29, 1.82) is 0 Å². The first-order valence-electron chi connectivity index (χ1n) is 11.3. The minimum atomic E-state index is -2.44. The Hall–Kier alpha value is -0.670. The average molecular weight is 383 g/mol. The van der Waals surface area contributed by atoms with Crippen molar-refractivity contribution in [2.24, 2.45) is 40.4 Å². The highest BCUT2D eigenvalue weighted by Crippen LogP contribution is 2.68. The molecule has 0 aliphatic heterocycles. The van der Waals surface area contributed by atoms with Gasteiger partial charge in [0.2, 0.25) is 5.92 Å². The van der Waals surface area contributed by atoms with Crippen LogP contribution >= 0.6 is 0 Å². The van der Waals surface area contributed by atoms with Gasteiger partial charge < -0.3 is 5.11 Å². The van der Waals surface area contributed by atoms with Crippen LogP contribution < -0.4 is 0 Å². The minimum absolute atomic E-state index is 0.0863.